The summed E-state index contributed by atoms with van der Waals surface area (Å²) in [6, 6.07) is 8.65. The quantitative estimate of drug-likeness (QED) is 0.247. The second-order valence-corrected chi connectivity index (χ2v) is 8.07. The summed E-state index contributed by atoms with van der Waals surface area (Å²) >= 11 is 1.37. The fraction of sp³-hybridized carbons (Fsp3) is 0.478. The van der Waals surface area contributed by atoms with Crippen LogP contribution in [-0.4, -0.2) is 21.8 Å². The van der Waals surface area contributed by atoms with Crippen molar-refractivity contribution in [1.82, 2.24) is 4.98 Å². The fourth-order valence-corrected chi connectivity index (χ4v) is 3.78. The van der Waals surface area contributed by atoms with Crippen molar-refractivity contribution in [3.63, 3.8) is 0 Å². The molecule has 0 amide bonds. The Balaban J connectivity index is 1.61. The highest BCUT2D eigenvalue weighted by molar-refractivity contribution is 8.14. The predicted octanol–water partition coefficient (Wildman–Crippen LogP) is 6.18. The van der Waals surface area contributed by atoms with E-state index in [4.69, 9.17) is 4.74 Å². The standard InChI is InChI=1S/C23H31NO3S/c1-2-3-4-5-6-7-8-9-16-28-23(26)20-10-12-21(13-11-20)27-22(25)17-19-14-15-24-18-19/h10-15,18,24H,2-9,16-17H2,1H3. The number of esters is 1. The lowest BCUT2D eigenvalue weighted by molar-refractivity contribution is -0.133. The van der Waals surface area contributed by atoms with Crippen LogP contribution in [0, 0.1) is 0 Å². The van der Waals surface area contributed by atoms with Crippen molar-refractivity contribution in [2.45, 2.75) is 64.7 Å². The van der Waals surface area contributed by atoms with Crippen molar-refractivity contribution >= 4 is 22.8 Å². The van der Waals surface area contributed by atoms with Gasteiger partial charge in [0.2, 0.25) is 5.12 Å². The molecule has 1 heterocycles. The zero-order valence-electron chi connectivity index (χ0n) is 16.7. The molecule has 0 radical (unpaired) electrons. The maximum Gasteiger partial charge on any atom is 0.315 e. The maximum absolute atomic E-state index is 12.2. The minimum atomic E-state index is -0.317. The third-order valence-electron chi connectivity index (χ3n) is 4.56. The van der Waals surface area contributed by atoms with Gasteiger partial charge in [0.1, 0.15) is 5.75 Å². The number of thioether (sulfide) groups is 1. The minimum Gasteiger partial charge on any atom is -0.426 e. The number of aromatic nitrogens is 1. The van der Waals surface area contributed by atoms with E-state index in [-0.39, 0.29) is 17.5 Å². The molecule has 152 valence electrons. The molecule has 0 aliphatic rings. The van der Waals surface area contributed by atoms with Gasteiger partial charge in [-0.05, 0) is 42.3 Å². The molecule has 2 rings (SSSR count). The topological polar surface area (TPSA) is 59.2 Å². The largest absolute Gasteiger partial charge is 0.426 e. The van der Waals surface area contributed by atoms with Crippen LogP contribution in [-0.2, 0) is 11.2 Å². The average molecular weight is 402 g/mol. The van der Waals surface area contributed by atoms with Crippen LogP contribution >= 0.6 is 11.8 Å². The lowest BCUT2D eigenvalue weighted by Gasteiger charge is -2.05. The smallest absolute Gasteiger partial charge is 0.315 e. The number of nitrogens with one attached hydrogen (secondary N) is 1. The second kappa shape index (κ2) is 13.2. The van der Waals surface area contributed by atoms with Crippen molar-refractivity contribution in [2.24, 2.45) is 0 Å². The highest BCUT2D eigenvalue weighted by atomic mass is 32.2. The molecule has 5 heteroatoms. The first-order valence-electron chi connectivity index (χ1n) is 10.3. The normalized spacial score (nSPS) is 10.8. The highest BCUT2D eigenvalue weighted by Crippen LogP contribution is 2.19. The van der Waals surface area contributed by atoms with Gasteiger partial charge in [-0.1, -0.05) is 63.6 Å². The Labute approximate surface area is 172 Å². The molecule has 1 N–H and O–H groups in total. The molecule has 4 nitrogen and oxygen atoms in total. The van der Waals surface area contributed by atoms with Crippen LogP contribution < -0.4 is 4.74 Å². The number of hydrogen-bond acceptors (Lipinski definition) is 4. The van der Waals surface area contributed by atoms with Crippen LogP contribution in [0.25, 0.3) is 0 Å². The molecule has 0 bridgehead atoms. The molecule has 1 aromatic carbocycles. The van der Waals surface area contributed by atoms with Gasteiger partial charge in [0.15, 0.2) is 0 Å². The number of carbonyl (C=O) groups excluding carboxylic acids is 2. The summed E-state index contributed by atoms with van der Waals surface area (Å²) in [5, 5.41) is 0.0770. The number of benzene rings is 1. The Kier molecular flexibility index (Phi) is 10.5. The molecule has 2 aromatic rings. The number of unbranched alkanes of at least 4 members (excludes halogenated alkanes) is 7. The van der Waals surface area contributed by atoms with E-state index in [9.17, 15) is 9.59 Å². The molecule has 0 spiro atoms. The van der Waals surface area contributed by atoms with E-state index in [1.165, 1.54) is 56.7 Å². The highest BCUT2D eigenvalue weighted by Gasteiger charge is 2.09. The molecule has 1 aromatic heterocycles. The van der Waals surface area contributed by atoms with E-state index < -0.39 is 0 Å². The zero-order valence-corrected chi connectivity index (χ0v) is 17.6. The first-order valence-corrected chi connectivity index (χ1v) is 11.3. The van der Waals surface area contributed by atoms with Gasteiger partial charge in [-0.15, -0.1) is 0 Å². The number of H-pyrrole nitrogens is 1. The predicted molar refractivity (Wildman–Crippen MR) is 116 cm³/mol. The maximum atomic E-state index is 12.2. The summed E-state index contributed by atoms with van der Waals surface area (Å²) in [5.74, 6) is 1.01. The molecule has 0 aliphatic heterocycles. The summed E-state index contributed by atoms with van der Waals surface area (Å²) in [6.07, 6.45) is 13.9. The number of aromatic amines is 1. The van der Waals surface area contributed by atoms with E-state index in [2.05, 4.69) is 11.9 Å². The lowest BCUT2D eigenvalue weighted by Crippen LogP contribution is -2.10. The monoisotopic (exact) mass is 401 g/mol. The minimum absolute atomic E-state index is 0.0770. The van der Waals surface area contributed by atoms with Crippen LogP contribution in [0.1, 0.15) is 74.2 Å². The van der Waals surface area contributed by atoms with Crippen molar-refractivity contribution in [3.05, 3.63) is 53.9 Å². The molecule has 0 unspecified atom stereocenters. The molecule has 0 aliphatic carbocycles. The molecule has 0 fully saturated rings. The van der Waals surface area contributed by atoms with E-state index >= 15 is 0 Å². The van der Waals surface area contributed by atoms with Gasteiger partial charge in [0.25, 0.3) is 0 Å². The zero-order chi connectivity index (χ0) is 20.0. The van der Waals surface area contributed by atoms with Crippen LogP contribution in [0.15, 0.2) is 42.7 Å². The molecule has 0 saturated heterocycles. The number of hydrogen-bond donors (Lipinski definition) is 1. The Hall–Kier alpha value is -2.01. The van der Waals surface area contributed by atoms with Crippen LogP contribution in [0.3, 0.4) is 0 Å². The summed E-state index contributed by atoms with van der Waals surface area (Å²) in [7, 11) is 0. The van der Waals surface area contributed by atoms with Gasteiger partial charge in [-0.3, -0.25) is 9.59 Å². The van der Waals surface area contributed by atoms with Crippen molar-refractivity contribution in [3.8, 4) is 5.75 Å². The first-order chi connectivity index (χ1) is 13.7. The van der Waals surface area contributed by atoms with Crippen molar-refractivity contribution < 1.29 is 14.3 Å². The van der Waals surface area contributed by atoms with Crippen molar-refractivity contribution in [2.75, 3.05) is 5.75 Å². The molecule has 0 saturated carbocycles. The number of rotatable bonds is 13. The SMILES string of the molecule is CCCCCCCCCCSC(=O)c1ccc(OC(=O)Cc2cc[nH]c2)cc1. The first kappa shape index (κ1) is 22.3. The fourth-order valence-electron chi connectivity index (χ4n) is 2.95. The van der Waals surface area contributed by atoms with E-state index in [1.54, 1.807) is 36.7 Å². The molecular weight excluding hydrogens is 370 g/mol. The van der Waals surface area contributed by atoms with Gasteiger partial charge in [-0.25, -0.2) is 0 Å². The summed E-state index contributed by atoms with van der Waals surface area (Å²) in [4.78, 5) is 27.1. The molecule has 28 heavy (non-hydrogen) atoms. The van der Waals surface area contributed by atoms with Gasteiger partial charge in [-0.2, -0.15) is 0 Å². The van der Waals surface area contributed by atoms with Gasteiger partial charge < -0.3 is 9.72 Å². The lowest BCUT2D eigenvalue weighted by atomic mass is 10.1. The van der Waals surface area contributed by atoms with Crippen molar-refractivity contribution in [1.29, 1.82) is 0 Å². The Morgan fingerprint density at radius 2 is 1.61 bits per heavy atom. The molecular formula is C23H31NO3S. The Morgan fingerprint density at radius 3 is 2.25 bits per heavy atom. The summed E-state index contributed by atoms with van der Waals surface area (Å²) in [6.45, 7) is 2.24. The Bertz CT molecular complexity index is 695. The van der Waals surface area contributed by atoms with Gasteiger partial charge in [0, 0.05) is 23.7 Å². The number of carbonyl (C=O) groups is 2. The van der Waals surface area contributed by atoms with Crippen LogP contribution in [0.5, 0.6) is 5.75 Å². The van der Waals surface area contributed by atoms with Crippen LogP contribution in [0.2, 0.25) is 0 Å². The summed E-state index contributed by atoms with van der Waals surface area (Å²) < 4.78 is 5.31. The second-order valence-electron chi connectivity index (χ2n) is 7.01. The van der Waals surface area contributed by atoms with Gasteiger partial charge in [0.05, 0.1) is 6.42 Å². The van der Waals surface area contributed by atoms with E-state index in [0.717, 1.165) is 17.7 Å². The third-order valence-corrected chi connectivity index (χ3v) is 5.55. The van der Waals surface area contributed by atoms with Crippen LogP contribution in [0.4, 0.5) is 0 Å². The van der Waals surface area contributed by atoms with E-state index in [0.29, 0.717) is 11.3 Å². The number of ether oxygens (including phenoxy) is 1. The Morgan fingerprint density at radius 1 is 0.929 bits per heavy atom. The van der Waals surface area contributed by atoms with E-state index in [1.807, 2.05) is 6.07 Å². The average Bonchev–Trinajstić information content (AvgIpc) is 3.20. The summed E-state index contributed by atoms with van der Waals surface area (Å²) in [5.41, 5.74) is 1.53. The van der Waals surface area contributed by atoms with Gasteiger partial charge >= 0.3 is 5.97 Å². The third kappa shape index (κ3) is 8.79. The molecule has 0 atom stereocenters.